The van der Waals surface area contributed by atoms with E-state index in [0.29, 0.717) is 5.92 Å². The van der Waals surface area contributed by atoms with Gasteiger partial charge >= 0.3 is 0 Å². The molecule has 0 spiro atoms. The van der Waals surface area contributed by atoms with Gasteiger partial charge in [-0.15, -0.1) is 6.58 Å². The van der Waals surface area contributed by atoms with Gasteiger partial charge in [0.05, 0.1) is 12.0 Å². The van der Waals surface area contributed by atoms with Crippen molar-refractivity contribution in [2.45, 2.75) is 39.7 Å². The van der Waals surface area contributed by atoms with Crippen LogP contribution in [0.3, 0.4) is 0 Å². The average Bonchev–Trinajstić information content (AvgIpc) is 2.26. The van der Waals surface area contributed by atoms with E-state index < -0.39 is 0 Å². The molecule has 1 amide bonds. The molecule has 0 fully saturated rings. The minimum absolute atomic E-state index is 0.0230. The van der Waals surface area contributed by atoms with E-state index in [-0.39, 0.29) is 17.9 Å². The molecule has 0 aliphatic heterocycles. The smallest absolute Gasteiger partial charge is 0.225 e. The van der Waals surface area contributed by atoms with Gasteiger partial charge in [0.2, 0.25) is 5.91 Å². The maximum Gasteiger partial charge on any atom is 0.225 e. The number of hydrogen-bond acceptors (Lipinski definition) is 2. The van der Waals surface area contributed by atoms with Gasteiger partial charge in [-0.2, -0.15) is 0 Å². The van der Waals surface area contributed by atoms with Crippen molar-refractivity contribution in [3.05, 3.63) is 12.7 Å². The van der Waals surface area contributed by atoms with E-state index in [1.54, 1.807) is 7.11 Å². The quantitative estimate of drug-likeness (QED) is 0.647. The van der Waals surface area contributed by atoms with Crippen LogP contribution in [0.1, 0.15) is 33.6 Å². The van der Waals surface area contributed by atoms with E-state index in [1.807, 2.05) is 13.0 Å². The first-order valence-corrected chi connectivity index (χ1v) is 5.94. The number of amides is 1. The van der Waals surface area contributed by atoms with Crippen molar-refractivity contribution >= 4 is 5.91 Å². The number of carbonyl (C=O) groups excluding carboxylic acids is 1. The Hall–Kier alpha value is -0.830. The lowest BCUT2D eigenvalue weighted by Gasteiger charge is -2.22. The average molecular weight is 227 g/mol. The Morgan fingerprint density at radius 3 is 2.50 bits per heavy atom. The van der Waals surface area contributed by atoms with Crippen molar-refractivity contribution in [3.8, 4) is 0 Å². The van der Waals surface area contributed by atoms with E-state index in [9.17, 15) is 4.79 Å². The molecule has 0 aromatic heterocycles. The van der Waals surface area contributed by atoms with Crippen LogP contribution in [0.5, 0.6) is 0 Å². The molecule has 0 heterocycles. The molecule has 0 saturated heterocycles. The second-order valence-corrected chi connectivity index (χ2v) is 4.57. The lowest BCUT2D eigenvalue weighted by atomic mass is 9.99. The Labute approximate surface area is 99.3 Å². The van der Waals surface area contributed by atoms with E-state index in [1.165, 1.54) is 0 Å². The number of methoxy groups -OCH3 is 1. The highest BCUT2D eigenvalue weighted by molar-refractivity contribution is 5.78. The maximum absolute atomic E-state index is 11.8. The van der Waals surface area contributed by atoms with Gasteiger partial charge in [0, 0.05) is 13.7 Å². The third kappa shape index (κ3) is 5.91. The number of ether oxygens (including phenoxy) is 1. The molecule has 0 aliphatic carbocycles. The van der Waals surface area contributed by atoms with Crippen molar-refractivity contribution in [1.29, 1.82) is 0 Å². The van der Waals surface area contributed by atoms with E-state index in [4.69, 9.17) is 4.74 Å². The maximum atomic E-state index is 11.8. The number of hydrogen-bond donors (Lipinski definition) is 1. The van der Waals surface area contributed by atoms with Crippen LogP contribution in [0.4, 0.5) is 0 Å². The van der Waals surface area contributed by atoms with Gasteiger partial charge in [0.1, 0.15) is 0 Å². The van der Waals surface area contributed by atoms with Crippen molar-refractivity contribution in [2.24, 2.45) is 11.8 Å². The van der Waals surface area contributed by atoms with Crippen LogP contribution < -0.4 is 5.32 Å². The summed E-state index contributed by atoms with van der Waals surface area (Å²) in [6.07, 6.45) is 3.55. The molecule has 0 rings (SSSR count). The minimum atomic E-state index is -0.108. The molecule has 0 bridgehead atoms. The van der Waals surface area contributed by atoms with Crippen LogP contribution in [-0.4, -0.2) is 25.7 Å². The molecule has 3 heteroatoms. The number of carbonyl (C=O) groups is 1. The van der Waals surface area contributed by atoms with Crippen LogP contribution in [0, 0.1) is 11.8 Å². The highest BCUT2D eigenvalue weighted by Crippen LogP contribution is 2.13. The summed E-state index contributed by atoms with van der Waals surface area (Å²) in [5.41, 5.74) is 0. The lowest BCUT2D eigenvalue weighted by Crippen LogP contribution is -2.38. The fourth-order valence-electron chi connectivity index (χ4n) is 1.49. The van der Waals surface area contributed by atoms with Crippen LogP contribution in [0.25, 0.3) is 0 Å². The second kappa shape index (κ2) is 8.34. The molecule has 3 nitrogen and oxygen atoms in total. The Balaban J connectivity index is 4.10. The topological polar surface area (TPSA) is 38.3 Å². The highest BCUT2D eigenvalue weighted by atomic mass is 16.5. The molecule has 0 radical (unpaired) electrons. The first-order valence-electron chi connectivity index (χ1n) is 5.94. The molecule has 0 aromatic carbocycles. The van der Waals surface area contributed by atoms with Gasteiger partial charge < -0.3 is 10.1 Å². The summed E-state index contributed by atoms with van der Waals surface area (Å²) in [4.78, 5) is 11.8. The summed E-state index contributed by atoms with van der Waals surface area (Å²) in [6.45, 7) is 10.5. The molecule has 0 aliphatic rings. The summed E-state index contributed by atoms with van der Waals surface area (Å²) >= 11 is 0. The molecule has 16 heavy (non-hydrogen) atoms. The summed E-state index contributed by atoms with van der Waals surface area (Å²) < 4.78 is 5.33. The van der Waals surface area contributed by atoms with E-state index in [2.05, 4.69) is 25.7 Å². The summed E-state index contributed by atoms with van der Waals surface area (Å²) in [5, 5.41) is 2.93. The van der Waals surface area contributed by atoms with Gasteiger partial charge in [-0.1, -0.05) is 26.8 Å². The Kier molecular flexibility index (Phi) is 7.90. The predicted molar refractivity (Wildman–Crippen MR) is 67.2 cm³/mol. The standard InChI is InChI=1S/C13H25NO2/c1-6-7-8-12(16-5)11(4)13(15)14-9-10(2)3/h6,10-12H,1,7-9H2,2-5H3,(H,14,15)/t11-,12-/m1/s1. The van der Waals surface area contributed by atoms with Crippen LogP contribution in [0.2, 0.25) is 0 Å². The summed E-state index contributed by atoms with van der Waals surface area (Å²) in [6, 6.07) is 0. The Bertz CT molecular complexity index is 214. The molecule has 94 valence electrons. The SMILES string of the molecule is C=CCC[C@@H](OC)[C@@H](C)C(=O)NCC(C)C. The van der Waals surface area contributed by atoms with Gasteiger partial charge in [-0.25, -0.2) is 0 Å². The molecule has 0 saturated carbocycles. The zero-order valence-electron chi connectivity index (χ0n) is 11.0. The van der Waals surface area contributed by atoms with Gasteiger partial charge in [0.25, 0.3) is 0 Å². The minimum Gasteiger partial charge on any atom is -0.381 e. The normalized spacial score (nSPS) is 14.6. The third-order valence-corrected chi connectivity index (χ3v) is 2.61. The molecule has 0 unspecified atom stereocenters. The summed E-state index contributed by atoms with van der Waals surface area (Å²) in [7, 11) is 1.65. The fraction of sp³-hybridized carbons (Fsp3) is 0.769. The zero-order valence-corrected chi connectivity index (χ0v) is 11.0. The highest BCUT2D eigenvalue weighted by Gasteiger charge is 2.22. The molecule has 1 N–H and O–H groups in total. The Morgan fingerprint density at radius 2 is 2.06 bits per heavy atom. The third-order valence-electron chi connectivity index (χ3n) is 2.61. The van der Waals surface area contributed by atoms with Crippen molar-refractivity contribution in [3.63, 3.8) is 0 Å². The van der Waals surface area contributed by atoms with Gasteiger partial charge in [-0.05, 0) is 18.8 Å². The predicted octanol–water partition coefficient (Wildman–Crippen LogP) is 2.38. The first kappa shape index (κ1) is 15.2. The zero-order chi connectivity index (χ0) is 12.6. The van der Waals surface area contributed by atoms with E-state index in [0.717, 1.165) is 19.4 Å². The fourth-order valence-corrected chi connectivity index (χ4v) is 1.49. The Morgan fingerprint density at radius 1 is 1.44 bits per heavy atom. The van der Waals surface area contributed by atoms with E-state index >= 15 is 0 Å². The van der Waals surface area contributed by atoms with Gasteiger partial charge in [-0.3, -0.25) is 4.79 Å². The second-order valence-electron chi connectivity index (χ2n) is 4.57. The monoisotopic (exact) mass is 227 g/mol. The van der Waals surface area contributed by atoms with Crippen LogP contribution in [-0.2, 0) is 9.53 Å². The number of allylic oxidation sites excluding steroid dienone is 1. The van der Waals surface area contributed by atoms with Crippen molar-refractivity contribution in [1.82, 2.24) is 5.32 Å². The number of nitrogens with one attached hydrogen (secondary N) is 1. The van der Waals surface area contributed by atoms with Gasteiger partial charge in [0.15, 0.2) is 0 Å². The largest absolute Gasteiger partial charge is 0.381 e. The van der Waals surface area contributed by atoms with Crippen LogP contribution >= 0.6 is 0 Å². The first-order chi connectivity index (χ1) is 7.52. The van der Waals surface area contributed by atoms with Crippen LogP contribution in [0.15, 0.2) is 12.7 Å². The molecule has 0 aromatic rings. The molecule has 2 atom stereocenters. The number of rotatable bonds is 8. The molecular formula is C13H25NO2. The lowest BCUT2D eigenvalue weighted by molar-refractivity contribution is -0.129. The summed E-state index contributed by atoms with van der Waals surface area (Å²) in [5.74, 6) is 0.443. The van der Waals surface area contributed by atoms with Crippen molar-refractivity contribution in [2.75, 3.05) is 13.7 Å². The molecular weight excluding hydrogens is 202 g/mol. The van der Waals surface area contributed by atoms with Crippen molar-refractivity contribution < 1.29 is 9.53 Å².